The lowest BCUT2D eigenvalue weighted by atomic mass is 9.89. The van der Waals surface area contributed by atoms with Crippen LogP contribution in [0.5, 0.6) is 0 Å². The maximum Gasteiger partial charge on any atom is 0.257 e. The molecule has 1 amide bonds. The first-order chi connectivity index (χ1) is 16.1. The molecule has 178 valence electrons. The molecule has 1 aromatic heterocycles. The van der Waals surface area contributed by atoms with Gasteiger partial charge in [0.05, 0.1) is 11.3 Å². The molecule has 3 aromatic rings. The minimum atomic E-state index is -4.05. The molecule has 1 aliphatic heterocycles. The molecule has 34 heavy (non-hydrogen) atoms. The highest BCUT2D eigenvalue weighted by Crippen LogP contribution is 2.31. The van der Waals surface area contributed by atoms with Crippen LogP contribution in [0.25, 0.3) is 0 Å². The number of anilines is 2. The van der Waals surface area contributed by atoms with Crippen molar-refractivity contribution in [3.63, 3.8) is 0 Å². The minimum Gasteiger partial charge on any atom is -0.355 e. The maximum atomic E-state index is 13.4. The van der Waals surface area contributed by atoms with Crippen molar-refractivity contribution < 1.29 is 17.6 Å². The standard InChI is InChI=1S/C25H27FN4O3S/c1-16-3-4-17(2)22(13-16)29-23-14-24(34(27,32)33)28-15-21(23)25(31)30-11-9-19(10-12-30)18-5-7-20(26)8-6-18/h3-8,13-15,19H,9-12H2,1-2H3,(H,28,29)(H2,27,32,33). The smallest absolute Gasteiger partial charge is 0.257 e. The highest BCUT2D eigenvalue weighted by atomic mass is 32.2. The molecule has 1 saturated heterocycles. The first-order valence-corrected chi connectivity index (χ1v) is 12.6. The van der Waals surface area contributed by atoms with E-state index in [4.69, 9.17) is 5.14 Å². The number of nitrogens with zero attached hydrogens (tertiary/aromatic N) is 2. The van der Waals surface area contributed by atoms with E-state index in [9.17, 15) is 17.6 Å². The van der Waals surface area contributed by atoms with Crippen LogP contribution >= 0.6 is 0 Å². The predicted octanol–water partition coefficient (Wildman–Crippen LogP) is 4.25. The topological polar surface area (TPSA) is 105 Å². The van der Waals surface area contributed by atoms with Crippen molar-refractivity contribution in [2.45, 2.75) is 37.6 Å². The first-order valence-electron chi connectivity index (χ1n) is 11.0. The van der Waals surface area contributed by atoms with Gasteiger partial charge in [-0.2, -0.15) is 0 Å². The van der Waals surface area contributed by atoms with Crippen LogP contribution in [-0.4, -0.2) is 37.3 Å². The SMILES string of the molecule is Cc1ccc(C)c(Nc2cc(S(N)(=O)=O)ncc2C(=O)N2CCC(c3ccc(F)cc3)CC2)c1. The number of halogens is 1. The fourth-order valence-corrected chi connectivity index (χ4v) is 4.68. The summed E-state index contributed by atoms with van der Waals surface area (Å²) >= 11 is 0. The first kappa shape index (κ1) is 23.8. The van der Waals surface area contributed by atoms with Crippen molar-refractivity contribution in [2.75, 3.05) is 18.4 Å². The number of rotatable bonds is 5. The number of amides is 1. The van der Waals surface area contributed by atoms with Crippen molar-refractivity contribution in [1.29, 1.82) is 0 Å². The number of nitrogens with two attached hydrogens (primary N) is 1. The zero-order valence-electron chi connectivity index (χ0n) is 19.1. The van der Waals surface area contributed by atoms with Gasteiger partial charge in [0.2, 0.25) is 0 Å². The zero-order chi connectivity index (χ0) is 24.5. The van der Waals surface area contributed by atoms with E-state index < -0.39 is 10.0 Å². The molecule has 0 aliphatic carbocycles. The van der Waals surface area contributed by atoms with E-state index in [2.05, 4.69) is 10.3 Å². The molecule has 0 unspecified atom stereocenters. The second kappa shape index (κ2) is 9.52. The molecule has 0 saturated carbocycles. The van der Waals surface area contributed by atoms with E-state index in [-0.39, 0.29) is 28.2 Å². The number of benzene rings is 2. The number of carbonyl (C=O) groups excluding carboxylic acids is 1. The number of carbonyl (C=O) groups is 1. The van der Waals surface area contributed by atoms with E-state index in [0.29, 0.717) is 18.8 Å². The summed E-state index contributed by atoms with van der Waals surface area (Å²) in [6, 6.07) is 13.6. The van der Waals surface area contributed by atoms with Gasteiger partial charge in [0, 0.05) is 31.0 Å². The van der Waals surface area contributed by atoms with Crippen molar-refractivity contribution in [1.82, 2.24) is 9.88 Å². The molecular formula is C25H27FN4O3S. The van der Waals surface area contributed by atoms with Crippen LogP contribution in [0.15, 0.2) is 59.8 Å². The van der Waals surface area contributed by atoms with Crippen LogP contribution in [-0.2, 0) is 10.0 Å². The van der Waals surface area contributed by atoms with E-state index in [1.54, 1.807) is 17.0 Å². The Kier molecular flexibility index (Phi) is 6.67. The summed E-state index contributed by atoms with van der Waals surface area (Å²) in [4.78, 5) is 19.1. The second-order valence-corrected chi connectivity index (χ2v) is 10.2. The summed E-state index contributed by atoms with van der Waals surface area (Å²) in [6.45, 7) is 4.93. The van der Waals surface area contributed by atoms with Crippen molar-refractivity contribution in [2.24, 2.45) is 5.14 Å². The van der Waals surface area contributed by atoms with Crippen LogP contribution in [0.3, 0.4) is 0 Å². The highest BCUT2D eigenvalue weighted by molar-refractivity contribution is 7.89. The lowest BCUT2D eigenvalue weighted by Gasteiger charge is -2.32. The van der Waals surface area contributed by atoms with Gasteiger partial charge in [-0.25, -0.2) is 22.9 Å². The van der Waals surface area contributed by atoms with Crippen molar-refractivity contribution in [3.05, 3.63) is 82.8 Å². The lowest BCUT2D eigenvalue weighted by Crippen LogP contribution is -2.38. The lowest BCUT2D eigenvalue weighted by molar-refractivity contribution is 0.0713. The molecule has 0 radical (unpaired) electrons. The normalized spacial score (nSPS) is 14.8. The number of aryl methyl sites for hydroxylation is 2. The number of piperidine rings is 1. The molecule has 1 aliphatic rings. The minimum absolute atomic E-state index is 0.237. The third-order valence-corrected chi connectivity index (χ3v) is 6.99. The number of aromatic nitrogens is 1. The second-order valence-electron chi connectivity index (χ2n) is 8.67. The van der Waals surface area contributed by atoms with E-state index in [0.717, 1.165) is 35.2 Å². The average Bonchev–Trinajstić information content (AvgIpc) is 2.81. The third-order valence-electron chi connectivity index (χ3n) is 6.19. The van der Waals surface area contributed by atoms with Crippen molar-refractivity contribution in [3.8, 4) is 0 Å². The molecule has 0 spiro atoms. The molecule has 2 aromatic carbocycles. The largest absolute Gasteiger partial charge is 0.355 e. The Morgan fingerprint density at radius 3 is 2.38 bits per heavy atom. The van der Waals surface area contributed by atoms with Gasteiger partial charge in [0.15, 0.2) is 5.03 Å². The molecule has 1 fully saturated rings. The Hall–Kier alpha value is -3.30. The fourth-order valence-electron chi connectivity index (χ4n) is 4.20. The molecule has 4 rings (SSSR count). The number of pyridine rings is 1. The van der Waals surface area contributed by atoms with Gasteiger partial charge in [-0.3, -0.25) is 4.79 Å². The highest BCUT2D eigenvalue weighted by Gasteiger charge is 2.27. The molecular weight excluding hydrogens is 455 g/mol. The van der Waals surface area contributed by atoms with Crippen LogP contribution in [0.4, 0.5) is 15.8 Å². The summed E-state index contributed by atoms with van der Waals surface area (Å²) in [7, 11) is -4.05. The van der Waals surface area contributed by atoms with Crippen LogP contribution in [0.1, 0.15) is 45.8 Å². The molecule has 3 N–H and O–H groups in total. The Morgan fingerprint density at radius 2 is 1.74 bits per heavy atom. The van der Waals surface area contributed by atoms with Crippen molar-refractivity contribution >= 4 is 27.3 Å². The molecule has 0 bridgehead atoms. The number of nitrogens with one attached hydrogen (secondary N) is 1. The predicted molar refractivity (Wildman–Crippen MR) is 129 cm³/mol. The number of hydrogen-bond acceptors (Lipinski definition) is 5. The van der Waals surface area contributed by atoms with E-state index >= 15 is 0 Å². The van der Waals surface area contributed by atoms with Gasteiger partial charge < -0.3 is 10.2 Å². The molecule has 7 nitrogen and oxygen atoms in total. The molecule has 0 atom stereocenters. The van der Waals surface area contributed by atoms with Crippen LogP contribution < -0.4 is 10.5 Å². The van der Waals surface area contributed by atoms with E-state index in [1.807, 2.05) is 32.0 Å². The number of sulfonamides is 1. The summed E-state index contributed by atoms with van der Waals surface area (Å²) in [6.07, 6.45) is 2.77. The van der Waals surface area contributed by atoms with Crippen LogP contribution in [0.2, 0.25) is 0 Å². The van der Waals surface area contributed by atoms with Gasteiger partial charge in [-0.15, -0.1) is 0 Å². The quantitative estimate of drug-likeness (QED) is 0.566. The van der Waals surface area contributed by atoms with E-state index in [1.165, 1.54) is 24.4 Å². The number of primary sulfonamides is 1. The number of hydrogen-bond donors (Lipinski definition) is 2. The Labute approximate surface area is 198 Å². The van der Waals surface area contributed by atoms with Gasteiger partial charge in [0.25, 0.3) is 15.9 Å². The Balaban J connectivity index is 1.59. The van der Waals surface area contributed by atoms with Crippen LogP contribution in [0, 0.1) is 19.7 Å². The van der Waals surface area contributed by atoms with Gasteiger partial charge >= 0.3 is 0 Å². The third kappa shape index (κ3) is 5.26. The summed E-state index contributed by atoms with van der Waals surface area (Å²) in [5.41, 5.74) is 4.38. The van der Waals surface area contributed by atoms with Gasteiger partial charge in [0.1, 0.15) is 5.82 Å². The zero-order valence-corrected chi connectivity index (χ0v) is 19.9. The molecule has 2 heterocycles. The van der Waals surface area contributed by atoms with Gasteiger partial charge in [-0.1, -0.05) is 24.3 Å². The van der Waals surface area contributed by atoms with Gasteiger partial charge in [-0.05, 0) is 67.5 Å². The fraction of sp³-hybridized carbons (Fsp3) is 0.280. The number of likely N-dealkylation sites (tertiary alicyclic amines) is 1. The Bertz CT molecular complexity index is 1320. The molecule has 9 heteroatoms. The summed E-state index contributed by atoms with van der Waals surface area (Å²) in [5, 5.41) is 8.18. The summed E-state index contributed by atoms with van der Waals surface area (Å²) in [5.74, 6) is -0.255. The average molecular weight is 483 g/mol. The maximum absolute atomic E-state index is 13.4. The summed E-state index contributed by atoms with van der Waals surface area (Å²) < 4.78 is 37.0. The monoisotopic (exact) mass is 482 g/mol. The Morgan fingerprint density at radius 1 is 1.06 bits per heavy atom.